The zero-order valence-corrected chi connectivity index (χ0v) is 11.0. The molecule has 5 heteroatoms. The molecule has 0 aromatic carbocycles. The van der Waals surface area contributed by atoms with E-state index in [1.807, 2.05) is 18.5 Å². The number of nitrogens with zero attached hydrogens (tertiary/aromatic N) is 2. The van der Waals surface area contributed by atoms with Crippen LogP contribution < -0.4 is 4.74 Å². The molecule has 0 aliphatic heterocycles. The lowest BCUT2D eigenvalue weighted by Crippen LogP contribution is -2.15. The summed E-state index contributed by atoms with van der Waals surface area (Å²) in [4.78, 5) is 16.2. The molecule has 2 aromatic rings. The van der Waals surface area contributed by atoms with Crippen LogP contribution in [0, 0.1) is 5.92 Å². The molecule has 2 aromatic heterocycles. The van der Waals surface area contributed by atoms with Crippen LogP contribution in [-0.4, -0.2) is 21.8 Å². The van der Waals surface area contributed by atoms with Crippen molar-refractivity contribution in [3.8, 4) is 5.88 Å². The number of ether oxygens (including phenoxy) is 1. The summed E-state index contributed by atoms with van der Waals surface area (Å²) in [7, 11) is 0. The predicted molar refractivity (Wildman–Crippen MR) is 68.0 cm³/mol. The maximum Gasteiger partial charge on any atom is 0.244 e. The zero-order valence-electron chi connectivity index (χ0n) is 10.2. The van der Waals surface area contributed by atoms with E-state index in [-0.39, 0.29) is 6.10 Å². The number of rotatable bonds is 5. The average Bonchev–Trinajstić information content (AvgIpc) is 2.75. The van der Waals surface area contributed by atoms with E-state index in [0.29, 0.717) is 17.5 Å². The van der Waals surface area contributed by atoms with Gasteiger partial charge in [-0.1, -0.05) is 13.8 Å². The van der Waals surface area contributed by atoms with Gasteiger partial charge >= 0.3 is 0 Å². The fourth-order valence-corrected chi connectivity index (χ4v) is 2.59. The maximum atomic E-state index is 11.1. The molecule has 0 saturated heterocycles. The Labute approximate surface area is 104 Å². The Balaban J connectivity index is 2.22. The van der Waals surface area contributed by atoms with Crippen molar-refractivity contribution in [2.45, 2.75) is 33.3 Å². The second kappa shape index (κ2) is 4.87. The van der Waals surface area contributed by atoms with Gasteiger partial charge < -0.3 is 4.74 Å². The molecule has 0 spiro atoms. The van der Waals surface area contributed by atoms with E-state index >= 15 is 0 Å². The molecule has 0 fully saturated rings. The molecule has 0 radical (unpaired) electrons. The van der Waals surface area contributed by atoms with Gasteiger partial charge in [-0.15, -0.1) is 11.3 Å². The van der Waals surface area contributed by atoms with E-state index in [0.717, 1.165) is 17.7 Å². The smallest absolute Gasteiger partial charge is 0.244 e. The van der Waals surface area contributed by atoms with Crippen LogP contribution >= 0.6 is 11.3 Å². The number of carbonyl (C=O) groups is 1. The predicted octanol–water partition coefficient (Wildman–Crippen LogP) is 3.02. The van der Waals surface area contributed by atoms with Crippen molar-refractivity contribution < 1.29 is 9.53 Å². The summed E-state index contributed by atoms with van der Waals surface area (Å²) in [5, 5.41) is 1.90. The van der Waals surface area contributed by atoms with E-state index in [1.54, 1.807) is 4.40 Å². The van der Waals surface area contributed by atoms with Crippen LogP contribution in [0.5, 0.6) is 5.88 Å². The first-order valence-electron chi connectivity index (χ1n) is 5.69. The number of hydrogen-bond acceptors (Lipinski definition) is 4. The highest BCUT2D eigenvalue weighted by atomic mass is 32.1. The van der Waals surface area contributed by atoms with Gasteiger partial charge in [0.1, 0.15) is 0 Å². The van der Waals surface area contributed by atoms with Crippen molar-refractivity contribution in [1.82, 2.24) is 9.38 Å². The molecule has 0 amide bonds. The fourth-order valence-electron chi connectivity index (χ4n) is 1.88. The molecule has 1 unspecified atom stereocenters. The van der Waals surface area contributed by atoms with Crippen LogP contribution in [0.15, 0.2) is 11.6 Å². The van der Waals surface area contributed by atoms with Gasteiger partial charge in [-0.05, 0) is 19.3 Å². The number of hydrogen-bond donors (Lipinski definition) is 0. The van der Waals surface area contributed by atoms with Crippen LogP contribution in [-0.2, 0) is 0 Å². The monoisotopic (exact) mass is 252 g/mol. The molecule has 0 aliphatic carbocycles. The summed E-state index contributed by atoms with van der Waals surface area (Å²) in [6.07, 6.45) is 3.64. The van der Waals surface area contributed by atoms with Crippen molar-refractivity contribution in [1.29, 1.82) is 0 Å². The third kappa shape index (κ3) is 2.49. The van der Waals surface area contributed by atoms with Crippen molar-refractivity contribution in [3.63, 3.8) is 0 Å². The zero-order chi connectivity index (χ0) is 12.4. The lowest BCUT2D eigenvalue weighted by molar-refractivity contribution is 0.110. The first-order valence-corrected chi connectivity index (χ1v) is 6.57. The van der Waals surface area contributed by atoms with Gasteiger partial charge in [-0.3, -0.25) is 9.20 Å². The minimum atomic E-state index is 0.0679. The highest BCUT2D eigenvalue weighted by Gasteiger charge is 2.16. The van der Waals surface area contributed by atoms with E-state index in [2.05, 4.69) is 18.8 Å². The summed E-state index contributed by atoms with van der Waals surface area (Å²) < 4.78 is 7.49. The molecule has 92 valence electrons. The Hall–Kier alpha value is -1.36. The Bertz CT molecular complexity index is 516. The Morgan fingerprint density at radius 1 is 1.53 bits per heavy atom. The summed E-state index contributed by atoms with van der Waals surface area (Å²) in [5.41, 5.74) is 0.497. The van der Waals surface area contributed by atoms with E-state index < -0.39 is 0 Å². The van der Waals surface area contributed by atoms with Crippen LogP contribution in [0.4, 0.5) is 0 Å². The lowest BCUT2D eigenvalue weighted by atomic mass is 10.1. The van der Waals surface area contributed by atoms with Crippen molar-refractivity contribution >= 4 is 22.6 Å². The third-order valence-electron chi connectivity index (χ3n) is 2.49. The minimum absolute atomic E-state index is 0.0679. The van der Waals surface area contributed by atoms with E-state index in [9.17, 15) is 4.79 Å². The summed E-state index contributed by atoms with van der Waals surface area (Å²) in [6.45, 7) is 6.29. The minimum Gasteiger partial charge on any atom is -0.473 e. The largest absolute Gasteiger partial charge is 0.473 e. The molecule has 0 N–H and O–H groups in total. The maximum absolute atomic E-state index is 11.1. The van der Waals surface area contributed by atoms with E-state index in [1.165, 1.54) is 11.3 Å². The van der Waals surface area contributed by atoms with Gasteiger partial charge in [0.2, 0.25) is 5.88 Å². The molecule has 1 atom stereocenters. The molecule has 0 saturated carbocycles. The molecule has 0 bridgehead atoms. The highest BCUT2D eigenvalue weighted by Crippen LogP contribution is 2.23. The van der Waals surface area contributed by atoms with Crippen molar-refractivity contribution in [3.05, 3.63) is 17.3 Å². The molecule has 4 nitrogen and oxygen atoms in total. The molecule has 2 rings (SSSR count). The second-order valence-electron chi connectivity index (χ2n) is 4.53. The van der Waals surface area contributed by atoms with Gasteiger partial charge in [-0.25, -0.2) is 0 Å². The number of imidazole rings is 1. The van der Waals surface area contributed by atoms with Crippen LogP contribution in [0.3, 0.4) is 0 Å². The van der Waals surface area contributed by atoms with Gasteiger partial charge in [0.25, 0.3) is 0 Å². The third-order valence-corrected chi connectivity index (χ3v) is 3.25. The Morgan fingerprint density at radius 2 is 2.29 bits per heavy atom. The number of aldehydes is 1. The summed E-state index contributed by atoms with van der Waals surface area (Å²) >= 11 is 1.49. The SMILES string of the molecule is CC(C)CC(C)Oc1nc2sccn2c1C=O. The number of aromatic nitrogens is 2. The fraction of sp³-hybridized carbons (Fsp3) is 0.500. The average molecular weight is 252 g/mol. The van der Waals surface area contributed by atoms with Crippen molar-refractivity contribution in [2.75, 3.05) is 0 Å². The molecule has 2 heterocycles. The summed E-state index contributed by atoms with van der Waals surface area (Å²) in [6, 6.07) is 0. The molecule has 17 heavy (non-hydrogen) atoms. The quantitative estimate of drug-likeness (QED) is 0.768. The first kappa shape index (κ1) is 12.1. The lowest BCUT2D eigenvalue weighted by Gasteiger charge is -2.14. The molecular weight excluding hydrogens is 236 g/mol. The Morgan fingerprint density at radius 3 is 2.94 bits per heavy atom. The molecular formula is C12H16N2O2S. The van der Waals surface area contributed by atoms with Gasteiger partial charge in [0.15, 0.2) is 16.9 Å². The van der Waals surface area contributed by atoms with Crippen molar-refractivity contribution in [2.24, 2.45) is 5.92 Å². The topological polar surface area (TPSA) is 43.6 Å². The van der Waals surface area contributed by atoms with Crippen LogP contribution in [0.25, 0.3) is 4.96 Å². The van der Waals surface area contributed by atoms with Gasteiger partial charge in [-0.2, -0.15) is 4.98 Å². The van der Waals surface area contributed by atoms with Gasteiger partial charge in [0, 0.05) is 11.6 Å². The number of fused-ring (bicyclic) bond motifs is 1. The molecule has 0 aliphatic rings. The van der Waals surface area contributed by atoms with Crippen LogP contribution in [0.1, 0.15) is 37.7 Å². The normalized spacial score (nSPS) is 13.2. The van der Waals surface area contributed by atoms with E-state index in [4.69, 9.17) is 4.74 Å². The number of thiazole rings is 1. The standard InChI is InChI=1S/C12H16N2O2S/c1-8(2)6-9(3)16-11-10(7-15)14-4-5-17-12(14)13-11/h4-5,7-9H,6H2,1-3H3. The highest BCUT2D eigenvalue weighted by molar-refractivity contribution is 7.15. The number of carbonyl (C=O) groups excluding carboxylic acids is 1. The summed E-state index contributed by atoms with van der Waals surface area (Å²) in [5.74, 6) is 1.01. The first-order chi connectivity index (χ1) is 8.11. The Kier molecular flexibility index (Phi) is 3.47. The van der Waals surface area contributed by atoms with Gasteiger partial charge in [0.05, 0.1) is 6.10 Å². The van der Waals surface area contributed by atoms with Crippen LogP contribution in [0.2, 0.25) is 0 Å². The second-order valence-corrected chi connectivity index (χ2v) is 5.41.